The van der Waals surface area contributed by atoms with E-state index in [9.17, 15) is 9.90 Å². The van der Waals surface area contributed by atoms with Crippen LogP contribution in [0, 0.1) is 0 Å². The molecule has 0 bridgehead atoms. The van der Waals surface area contributed by atoms with Crippen LogP contribution in [-0.4, -0.2) is 52.9 Å². The first-order chi connectivity index (χ1) is 22.8. The summed E-state index contributed by atoms with van der Waals surface area (Å²) in [6.45, 7) is 14.3. The van der Waals surface area contributed by atoms with Crippen LogP contribution in [0.3, 0.4) is 0 Å². The average molecular weight is 665 g/mol. The summed E-state index contributed by atoms with van der Waals surface area (Å²) < 4.78 is 35.0. The molecule has 8 nitrogen and oxygen atoms in total. The second-order valence-electron chi connectivity index (χ2n) is 11.3. The first-order valence-electron chi connectivity index (χ1n) is 16.8. The van der Waals surface area contributed by atoms with Crippen LogP contribution >= 0.6 is 0 Å². The minimum absolute atomic E-state index is 0.231. The lowest BCUT2D eigenvalue weighted by Gasteiger charge is -2.28. The Labute approximate surface area is 282 Å². The smallest absolute Gasteiger partial charge is 0.500 e. The molecule has 0 aromatic heterocycles. The molecule has 0 aliphatic heterocycles. The number of rotatable bonds is 23. The molecular formula is C38H52O8Si. The van der Waals surface area contributed by atoms with E-state index < -0.39 is 8.80 Å². The van der Waals surface area contributed by atoms with Crippen molar-refractivity contribution < 1.29 is 37.4 Å². The SMILES string of the molecule is C=C(C)C(=O)OCc1ccc(-c2ccc(OCCCCCCOc3ccc(O)c(CCC[Si](OCC)(OCC)OCC)c3)cc2)cc1. The number of unbranched alkanes of at least 4 members (excludes halogenated alkanes) is 3. The fourth-order valence-corrected chi connectivity index (χ4v) is 7.71. The summed E-state index contributed by atoms with van der Waals surface area (Å²) in [5, 5.41) is 10.4. The average Bonchev–Trinajstić information content (AvgIpc) is 3.07. The van der Waals surface area contributed by atoms with Crippen molar-refractivity contribution in [3.8, 4) is 28.4 Å². The van der Waals surface area contributed by atoms with E-state index in [0.29, 0.717) is 51.1 Å². The van der Waals surface area contributed by atoms with Gasteiger partial charge in [0.2, 0.25) is 0 Å². The van der Waals surface area contributed by atoms with Crippen LogP contribution in [0.2, 0.25) is 6.04 Å². The molecule has 3 aromatic rings. The maximum atomic E-state index is 11.6. The van der Waals surface area contributed by atoms with Crippen LogP contribution in [0.25, 0.3) is 11.1 Å². The molecule has 0 heterocycles. The van der Waals surface area contributed by atoms with Gasteiger partial charge in [0.15, 0.2) is 0 Å². The lowest BCUT2D eigenvalue weighted by Crippen LogP contribution is -2.46. The number of phenolic OH excluding ortho intramolecular Hbond substituents is 1. The Hall–Kier alpha value is -3.63. The maximum absolute atomic E-state index is 11.6. The second kappa shape index (κ2) is 20.6. The number of ether oxygens (including phenoxy) is 3. The van der Waals surface area contributed by atoms with E-state index in [0.717, 1.165) is 65.9 Å². The van der Waals surface area contributed by atoms with Crippen molar-refractivity contribution in [3.63, 3.8) is 0 Å². The van der Waals surface area contributed by atoms with Crippen LogP contribution in [0.5, 0.6) is 17.2 Å². The third-order valence-electron chi connectivity index (χ3n) is 7.51. The van der Waals surface area contributed by atoms with Crippen molar-refractivity contribution in [2.75, 3.05) is 33.0 Å². The summed E-state index contributed by atoms with van der Waals surface area (Å²) in [6, 6.07) is 22.2. The standard InChI is InChI=1S/C38H52O8Si/c1-6-44-47(45-7-2,46-8-3)27-13-14-34-28-36(23-24-37(34)39)42-26-12-10-9-11-25-41-35-21-19-33(20-22-35)32-17-15-31(16-18-32)29-43-38(40)30(4)5/h15-24,28,39H,4,6-14,25-27,29H2,1-3,5H3. The van der Waals surface area contributed by atoms with Crippen LogP contribution in [0.4, 0.5) is 0 Å². The van der Waals surface area contributed by atoms with Gasteiger partial charge in [-0.3, -0.25) is 0 Å². The van der Waals surface area contributed by atoms with Crippen molar-refractivity contribution in [2.24, 2.45) is 0 Å². The summed E-state index contributed by atoms with van der Waals surface area (Å²) in [5.74, 6) is 1.52. The summed E-state index contributed by atoms with van der Waals surface area (Å²) in [4.78, 5) is 11.6. The molecule has 0 fully saturated rings. The summed E-state index contributed by atoms with van der Waals surface area (Å²) in [6.07, 6.45) is 5.51. The fourth-order valence-electron chi connectivity index (χ4n) is 5.10. The third kappa shape index (κ3) is 13.2. The maximum Gasteiger partial charge on any atom is 0.500 e. The number of carbonyl (C=O) groups excluding carboxylic acids is 1. The molecule has 47 heavy (non-hydrogen) atoms. The van der Waals surface area contributed by atoms with E-state index in [2.05, 4.69) is 18.7 Å². The molecule has 0 saturated carbocycles. The highest BCUT2D eigenvalue weighted by Gasteiger charge is 2.39. The van der Waals surface area contributed by atoms with Crippen LogP contribution in [-0.2, 0) is 35.8 Å². The van der Waals surface area contributed by atoms with Crippen LogP contribution < -0.4 is 9.47 Å². The van der Waals surface area contributed by atoms with Gasteiger partial charge in [0.05, 0.1) is 13.2 Å². The van der Waals surface area contributed by atoms with Gasteiger partial charge >= 0.3 is 14.8 Å². The highest BCUT2D eigenvalue weighted by molar-refractivity contribution is 6.60. The van der Waals surface area contributed by atoms with E-state index in [1.165, 1.54) is 0 Å². The van der Waals surface area contributed by atoms with Crippen molar-refractivity contribution in [1.29, 1.82) is 0 Å². The van der Waals surface area contributed by atoms with Gasteiger partial charge in [0.1, 0.15) is 23.9 Å². The molecule has 3 rings (SSSR count). The van der Waals surface area contributed by atoms with Gasteiger partial charge in [-0.05, 0) is 119 Å². The molecular weight excluding hydrogens is 612 g/mol. The molecule has 0 aliphatic carbocycles. The van der Waals surface area contributed by atoms with Gasteiger partial charge in [0.25, 0.3) is 0 Å². The zero-order valence-corrected chi connectivity index (χ0v) is 29.6. The van der Waals surface area contributed by atoms with Crippen molar-refractivity contribution in [1.82, 2.24) is 0 Å². The zero-order valence-electron chi connectivity index (χ0n) is 28.6. The predicted molar refractivity (Wildman–Crippen MR) is 188 cm³/mol. The number of aryl methyl sites for hydroxylation is 1. The Bertz CT molecular complexity index is 1340. The Balaban J connectivity index is 1.31. The Morgan fingerprint density at radius 1 is 0.723 bits per heavy atom. The summed E-state index contributed by atoms with van der Waals surface area (Å²) in [5.41, 5.74) is 4.36. The van der Waals surface area contributed by atoms with E-state index in [1.54, 1.807) is 13.0 Å². The largest absolute Gasteiger partial charge is 0.508 e. The van der Waals surface area contributed by atoms with Crippen molar-refractivity contribution in [3.05, 3.63) is 90.0 Å². The van der Waals surface area contributed by atoms with E-state index >= 15 is 0 Å². The van der Waals surface area contributed by atoms with Gasteiger partial charge in [-0.25, -0.2) is 4.79 Å². The highest BCUT2D eigenvalue weighted by Crippen LogP contribution is 2.27. The molecule has 0 aliphatic rings. The summed E-state index contributed by atoms with van der Waals surface area (Å²) >= 11 is 0. The zero-order chi connectivity index (χ0) is 33.9. The normalized spacial score (nSPS) is 11.3. The number of hydrogen-bond donors (Lipinski definition) is 1. The monoisotopic (exact) mass is 664 g/mol. The van der Waals surface area contributed by atoms with Crippen molar-refractivity contribution >= 4 is 14.8 Å². The van der Waals surface area contributed by atoms with E-state index in [-0.39, 0.29) is 18.3 Å². The number of benzene rings is 3. The van der Waals surface area contributed by atoms with E-state index in [1.807, 2.05) is 69.3 Å². The number of phenols is 1. The topological polar surface area (TPSA) is 92.7 Å². The van der Waals surface area contributed by atoms with Gasteiger partial charge < -0.3 is 32.6 Å². The molecule has 0 unspecified atom stereocenters. The van der Waals surface area contributed by atoms with Crippen LogP contribution in [0.1, 0.15) is 70.9 Å². The molecule has 0 saturated heterocycles. The highest BCUT2D eigenvalue weighted by atomic mass is 28.4. The molecule has 0 atom stereocenters. The van der Waals surface area contributed by atoms with Gasteiger partial charge in [-0.15, -0.1) is 0 Å². The molecule has 0 amide bonds. The molecule has 1 N–H and O–H groups in total. The number of hydrogen-bond acceptors (Lipinski definition) is 8. The molecule has 3 aromatic carbocycles. The quantitative estimate of drug-likeness (QED) is 0.0466. The predicted octanol–water partition coefficient (Wildman–Crippen LogP) is 8.68. The molecule has 0 radical (unpaired) electrons. The Kier molecular flexibility index (Phi) is 16.6. The van der Waals surface area contributed by atoms with Gasteiger partial charge in [-0.1, -0.05) is 43.0 Å². The third-order valence-corrected chi connectivity index (χ3v) is 10.7. The van der Waals surface area contributed by atoms with Gasteiger partial charge in [0, 0.05) is 31.4 Å². The fraction of sp³-hybridized carbons (Fsp3) is 0.447. The first-order valence-corrected chi connectivity index (χ1v) is 18.7. The lowest BCUT2D eigenvalue weighted by molar-refractivity contribution is -0.140. The molecule has 0 spiro atoms. The number of carbonyl (C=O) groups is 1. The summed E-state index contributed by atoms with van der Waals surface area (Å²) in [7, 11) is -2.70. The number of esters is 1. The lowest BCUT2D eigenvalue weighted by atomic mass is 10.0. The Morgan fingerprint density at radius 2 is 1.26 bits per heavy atom. The van der Waals surface area contributed by atoms with Crippen molar-refractivity contribution in [2.45, 2.75) is 78.9 Å². The van der Waals surface area contributed by atoms with Gasteiger partial charge in [-0.2, -0.15) is 0 Å². The van der Waals surface area contributed by atoms with Crippen LogP contribution in [0.15, 0.2) is 78.9 Å². The Morgan fingerprint density at radius 3 is 1.81 bits per heavy atom. The van der Waals surface area contributed by atoms with E-state index in [4.69, 9.17) is 27.5 Å². The molecule has 9 heteroatoms. The number of aromatic hydroxyl groups is 1. The minimum Gasteiger partial charge on any atom is -0.508 e. The second-order valence-corrected chi connectivity index (χ2v) is 14.0. The molecule has 256 valence electrons. The first kappa shape index (κ1) is 37.8. The minimum atomic E-state index is -2.70.